The number of nitrogens with zero attached hydrogens (tertiary/aromatic N) is 1. The number of amides is 2. The van der Waals surface area contributed by atoms with Gasteiger partial charge in [0, 0.05) is 44.1 Å². The molecule has 0 aromatic heterocycles. The molecule has 0 spiro atoms. The van der Waals surface area contributed by atoms with Crippen LogP contribution in [-0.4, -0.2) is 48.1 Å². The van der Waals surface area contributed by atoms with E-state index in [1.165, 1.54) is 0 Å². The number of aliphatic hydroxyl groups is 1. The molecule has 2 N–H and O–H groups in total. The first kappa shape index (κ1) is 14.5. The standard InChI is InChI=1S/C15H20N2O3/c18-11-12-7-9-17(10-12)14(19)6-8-16-15(20)13-4-2-1-3-5-13/h1-5,12,18H,6-11H2,(H,16,20). The molecule has 1 aliphatic rings. The van der Waals surface area contributed by atoms with Crippen molar-refractivity contribution in [2.24, 2.45) is 5.92 Å². The number of nitrogens with one attached hydrogen (secondary N) is 1. The molecule has 1 heterocycles. The number of carbonyl (C=O) groups is 2. The van der Waals surface area contributed by atoms with Crippen molar-refractivity contribution in [1.29, 1.82) is 0 Å². The second-order valence-corrected chi connectivity index (χ2v) is 5.05. The topological polar surface area (TPSA) is 69.6 Å². The zero-order valence-corrected chi connectivity index (χ0v) is 11.4. The first-order valence-corrected chi connectivity index (χ1v) is 6.92. The second-order valence-electron chi connectivity index (χ2n) is 5.05. The van der Waals surface area contributed by atoms with Crippen LogP contribution in [0.4, 0.5) is 0 Å². The molecule has 20 heavy (non-hydrogen) atoms. The van der Waals surface area contributed by atoms with E-state index in [1.807, 2.05) is 6.07 Å². The summed E-state index contributed by atoms with van der Waals surface area (Å²) in [5.74, 6) is 0.0835. The average Bonchev–Trinajstić information content (AvgIpc) is 2.97. The zero-order chi connectivity index (χ0) is 14.4. The molecule has 1 aromatic rings. The summed E-state index contributed by atoms with van der Waals surface area (Å²) in [6.45, 7) is 1.81. The van der Waals surface area contributed by atoms with Crippen LogP contribution in [0.2, 0.25) is 0 Å². The lowest BCUT2D eigenvalue weighted by Gasteiger charge is -2.16. The highest BCUT2D eigenvalue weighted by Crippen LogP contribution is 2.15. The molecule has 0 bridgehead atoms. The maximum atomic E-state index is 11.9. The van der Waals surface area contributed by atoms with Crippen LogP contribution in [0.3, 0.4) is 0 Å². The number of rotatable bonds is 5. The lowest BCUT2D eigenvalue weighted by molar-refractivity contribution is -0.130. The third-order valence-electron chi connectivity index (χ3n) is 3.56. The highest BCUT2D eigenvalue weighted by atomic mass is 16.3. The molecule has 0 aliphatic carbocycles. The summed E-state index contributed by atoms with van der Waals surface area (Å²) in [7, 11) is 0. The van der Waals surface area contributed by atoms with E-state index in [-0.39, 0.29) is 24.3 Å². The van der Waals surface area contributed by atoms with Gasteiger partial charge in [-0.1, -0.05) is 18.2 Å². The van der Waals surface area contributed by atoms with E-state index in [0.717, 1.165) is 6.42 Å². The zero-order valence-electron chi connectivity index (χ0n) is 11.4. The van der Waals surface area contributed by atoms with E-state index in [2.05, 4.69) is 5.32 Å². The first-order valence-electron chi connectivity index (χ1n) is 6.92. The molecule has 1 atom stereocenters. The van der Waals surface area contributed by atoms with Gasteiger partial charge in [0.25, 0.3) is 5.91 Å². The van der Waals surface area contributed by atoms with Crippen LogP contribution in [0.1, 0.15) is 23.2 Å². The van der Waals surface area contributed by atoms with E-state index < -0.39 is 0 Å². The molecule has 0 radical (unpaired) electrons. The van der Waals surface area contributed by atoms with Crippen LogP contribution in [-0.2, 0) is 4.79 Å². The van der Waals surface area contributed by atoms with Gasteiger partial charge in [-0.05, 0) is 18.6 Å². The fraction of sp³-hybridized carbons (Fsp3) is 0.467. The van der Waals surface area contributed by atoms with E-state index in [9.17, 15) is 9.59 Å². The Labute approximate surface area is 118 Å². The van der Waals surface area contributed by atoms with Crippen molar-refractivity contribution in [3.8, 4) is 0 Å². The Kier molecular flexibility index (Phi) is 5.12. The van der Waals surface area contributed by atoms with Gasteiger partial charge >= 0.3 is 0 Å². The van der Waals surface area contributed by atoms with Gasteiger partial charge in [0.15, 0.2) is 0 Å². The first-order chi connectivity index (χ1) is 9.70. The number of aliphatic hydroxyl groups excluding tert-OH is 1. The molecular formula is C15H20N2O3. The highest BCUT2D eigenvalue weighted by molar-refractivity contribution is 5.94. The molecule has 1 unspecified atom stereocenters. The van der Waals surface area contributed by atoms with Crippen molar-refractivity contribution in [2.45, 2.75) is 12.8 Å². The number of carbonyl (C=O) groups excluding carboxylic acids is 2. The monoisotopic (exact) mass is 276 g/mol. The van der Waals surface area contributed by atoms with E-state index >= 15 is 0 Å². The largest absolute Gasteiger partial charge is 0.396 e. The van der Waals surface area contributed by atoms with Crippen LogP contribution in [0.25, 0.3) is 0 Å². The summed E-state index contributed by atoms with van der Waals surface area (Å²) in [6, 6.07) is 8.94. The smallest absolute Gasteiger partial charge is 0.251 e. The van der Waals surface area contributed by atoms with E-state index in [0.29, 0.717) is 31.6 Å². The predicted octanol–water partition coefficient (Wildman–Crippen LogP) is 0.647. The lowest BCUT2D eigenvalue weighted by atomic mass is 10.1. The normalized spacial score (nSPS) is 18.1. The Morgan fingerprint density at radius 3 is 2.70 bits per heavy atom. The molecule has 5 heteroatoms. The molecule has 0 saturated carbocycles. The van der Waals surface area contributed by atoms with Crippen LogP contribution in [0.15, 0.2) is 30.3 Å². The summed E-state index contributed by atoms with van der Waals surface area (Å²) in [6.07, 6.45) is 1.16. The van der Waals surface area contributed by atoms with Gasteiger partial charge in [-0.3, -0.25) is 9.59 Å². The lowest BCUT2D eigenvalue weighted by Crippen LogP contribution is -2.33. The Bertz CT molecular complexity index is 461. The van der Waals surface area contributed by atoms with Crippen molar-refractivity contribution in [1.82, 2.24) is 10.2 Å². The van der Waals surface area contributed by atoms with Crippen LogP contribution >= 0.6 is 0 Å². The minimum absolute atomic E-state index is 0.0364. The van der Waals surface area contributed by atoms with E-state index in [4.69, 9.17) is 5.11 Å². The maximum absolute atomic E-state index is 11.9. The molecule has 5 nitrogen and oxygen atoms in total. The van der Waals surface area contributed by atoms with Crippen molar-refractivity contribution in [3.63, 3.8) is 0 Å². The Balaban J connectivity index is 1.71. The van der Waals surface area contributed by atoms with Crippen LogP contribution in [0, 0.1) is 5.92 Å². The van der Waals surface area contributed by atoms with Crippen LogP contribution in [0.5, 0.6) is 0 Å². The minimum Gasteiger partial charge on any atom is -0.396 e. The SMILES string of the molecule is O=C(NCCC(=O)N1CCC(CO)C1)c1ccccc1. The quantitative estimate of drug-likeness (QED) is 0.829. The Morgan fingerprint density at radius 2 is 2.05 bits per heavy atom. The van der Waals surface area contributed by atoms with Gasteiger partial charge in [-0.15, -0.1) is 0 Å². The van der Waals surface area contributed by atoms with Crippen LogP contribution < -0.4 is 5.32 Å². The van der Waals surface area contributed by atoms with Crippen molar-refractivity contribution in [3.05, 3.63) is 35.9 Å². The van der Waals surface area contributed by atoms with Gasteiger partial charge in [-0.25, -0.2) is 0 Å². The van der Waals surface area contributed by atoms with Gasteiger partial charge in [0.05, 0.1) is 0 Å². The molecule has 1 aromatic carbocycles. The van der Waals surface area contributed by atoms with Gasteiger partial charge < -0.3 is 15.3 Å². The molecule has 1 saturated heterocycles. The molecule has 2 amide bonds. The summed E-state index contributed by atoms with van der Waals surface area (Å²) >= 11 is 0. The van der Waals surface area contributed by atoms with Crippen molar-refractivity contribution >= 4 is 11.8 Å². The summed E-state index contributed by atoms with van der Waals surface area (Å²) in [5, 5.41) is 11.8. The molecule has 1 aliphatic heterocycles. The Hall–Kier alpha value is -1.88. The summed E-state index contributed by atoms with van der Waals surface area (Å²) in [4.78, 5) is 25.5. The minimum atomic E-state index is -0.159. The molecule has 108 valence electrons. The number of hydrogen-bond acceptors (Lipinski definition) is 3. The van der Waals surface area contributed by atoms with Crippen molar-refractivity contribution in [2.75, 3.05) is 26.2 Å². The Morgan fingerprint density at radius 1 is 1.30 bits per heavy atom. The summed E-state index contributed by atoms with van der Waals surface area (Å²) in [5.41, 5.74) is 0.599. The third-order valence-corrected chi connectivity index (χ3v) is 3.56. The summed E-state index contributed by atoms with van der Waals surface area (Å²) < 4.78 is 0. The molecular weight excluding hydrogens is 256 g/mol. The van der Waals surface area contributed by atoms with Gasteiger partial charge in [0.1, 0.15) is 0 Å². The fourth-order valence-corrected chi connectivity index (χ4v) is 2.34. The molecule has 1 fully saturated rings. The average molecular weight is 276 g/mol. The third kappa shape index (κ3) is 3.81. The maximum Gasteiger partial charge on any atom is 0.251 e. The van der Waals surface area contributed by atoms with Gasteiger partial charge in [0.2, 0.25) is 5.91 Å². The number of hydrogen-bond donors (Lipinski definition) is 2. The molecule has 2 rings (SSSR count). The second kappa shape index (κ2) is 7.05. The fourth-order valence-electron chi connectivity index (χ4n) is 2.34. The number of likely N-dealkylation sites (tertiary alicyclic amines) is 1. The predicted molar refractivity (Wildman–Crippen MR) is 75.2 cm³/mol. The van der Waals surface area contributed by atoms with Gasteiger partial charge in [-0.2, -0.15) is 0 Å². The van der Waals surface area contributed by atoms with E-state index in [1.54, 1.807) is 29.2 Å². The highest BCUT2D eigenvalue weighted by Gasteiger charge is 2.25. The van der Waals surface area contributed by atoms with Crippen molar-refractivity contribution < 1.29 is 14.7 Å². The number of benzene rings is 1.